The standard InChI is InChI=1S/C18H25NO/c1-11(20)16-7-15(2-3-17(16)19)18-8-12-4-13(9-18)6-14(5-12)10-18/h2-3,7,11-14,20H,4-6,8-10,19H2,1H3. The van der Waals surface area contributed by atoms with Gasteiger partial charge in [-0.15, -0.1) is 0 Å². The van der Waals surface area contributed by atoms with Crippen LogP contribution >= 0.6 is 0 Å². The first kappa shape index (κ1) is 12.7. The van der Waals surface area contributed by atoms with E-state index in [4.69, 9.17) is 5.73 Å². The highest BCUT2D eigenvalue weighted by Crippen LogP contribution is 2.60. The Labute approximate surface area is 121 Å². The van der Waals surface area contributed by atoms with Crippen LogP contribution in [-0.2, 0) is 5.41 Å². The van der Waals surface area contributed by atoms with Crippen molar-refractivity contribution in [2.24, 2.45) is 17.8 Å². The highest BCUT2D eigenvalue weighted by Gasteiger charge is 2.51. The molecule has 5 rings (SSSR count). The fraction of sp³-hybridized carbons (Fsp3) is 0.667. The summed E-state index contributed by atoms with van der Waals surface area (Å²) in [5.74, 6) is 2.86. The third kappa shape index (κ3) is 1.81. The number of hydrogen-bond donors (Lipinski definition) is 2. The number of benzene rings is 1. The van der Waals surface area contributed by atoms with Crippen molar-refractivity contribution in [1.82, 2.24) is 0 Å². The van der Waals surface area contributed by atoms with Crippen molar-refractivity contribution < 1.29 is 5.11 Å². The smallest absolute Gasteiger partial charge is 0.0781 e. The number of hydrogen-bond acceptors (Lipinski definition) is 2. The Morgan fingerprint density at radius 2 is 1.65 bits per heavy atom. The average Bonchev–Trinajstić information content (AvgIpc) is 2.37. The van der Waals surface area contributed by atoms with Crippen molar-refractivity contribution >= 4 is 5.69 Å². The van der Waals surface area contributed by atoms with Crippen LogP contribution in [0.2, 0.25) is 0 Å². The molecule has 0 amide bonds. The molecule has 1 aromatic carbocycles. The Morgan fingerprint density at radius 1 is 1.10 bits per heavy atom. The van der Waals surface area contributed by atoms with E-state index in [0.29, 0.717) is 5.41 Å². The van der Waals surface area contributed by atoms with Crippen LogP contribution in [0.5, 0.6) is 0 Å². The quantitative estimate of drug-likeness (QED) is 0.804. The van der Waals surface area contributed by atoms with E-state index in [1.54, 1.807) is 0 Å². The minimum Gasteiger partial charge on any atom is -0.398 e. The number of aliphatic hydroxyl groups excluding tert-OH is 1. The van der Waals surface area contributed by atoms with Gasteiger partial charge < -0.3 is 10.8 Å². The monoisotopic (exact) mass is 271 g/mol. The molecule has 2 nitrogen and oxygen atoms in total. The van der Waals surface area contributed by atoms with Crippen molar-refractivity contribution in [2.75, 3.05) is 5.73 Å². The number of nitrogen functional groups attached to an aromatic ring is 1. The molecule has 0 aromatic heterocycles. The van der Waals surface area contributed by atoms with Crippen LogP contribution in [0.15, 0.2) is 18.2 Å². The minimum atomic E-state index is -0.469. The minimum absolute atomic E-state index is 0.395. The summed E-state index contributed by atoms with van der Waals surface area (Å²) >= 11 is 0. The van der Waals surface area contributed by atoms with Gasteiger partial charge in [0, 0.05) is 11.3 Å². The summed E-state index contributed by atoms with van der Waals surface area (Å²) in [5.41, 5.74) is 9.51. The first-order valence-electron chi connectivity index (χ1n) is 8.14. The maximum absolute atomic E-state index is 9.93. The van der Waals surface area contributed by atoms with E-state index >= 15 is 0 Å². The molecule has 4 fully saturated rings. The molecule has 4 aliphatic carbocycles. The number of rotatable bonds is 2. The number of anilines is 1. The molecule has 108 valence electrons. The van der Waals surface area contributed by atoms with Crippen LogP contribution in [0.1, 0.15) is 62.7 Å². The van der Waals surface area contributed by atoms with Crippen LogP contribution < -0.4 is 5.73 Å². The fourth-order valence-corrected chi connectivity index (χ4v) is 5.73. The first-order valence-corrected chi connectivity index (χ1v) is 8.14. The molecule has 2 heteroatoms. The molecule has 1 aromatic rings. The van der Waals surface area contributed by atoms with Crippen molar-refractivity contribution in [3.05, 3.63) is 29.3 Å². The van der Waals surface area contributed by atoms with Crippen molar-refractivity contribution in [3.63, 3.8) is 0 Å². The molecule has 4 saturated carbocycles. The summed E-state index contributed by atoms with van der Waals surface area (Å²) in [6.45, 7) is 1.81. The van der Waals surface area contributed by atoms with Gasteiger partial charge in [-0.1, -0.05) is 12.1 Å². The maximum Gasteiger partial charge on any atom is 0.0781 e. The molecule has 0 spiro atoms. The zero-order valence-corrected chi connectivity index (χ0v) is 12.3. The van der Waals surface area contributed by atoms with Gasteiger partial charge in [-0.2, -0.15) is 0 Å². The highest BCUT2D eigenvalue weighted by molar-refractivity contribution is 5.51. The number of aliphatic hydroxyl groups is 1. The van der Waals surface area contributed by atoms with Crippen LogP contribution in [0.4, 0.5) is 5.69 Å². The fourth-order valence-electron chi connectivity index (χ4n) is 5.73. The Hall–Kier alpha value is -1.02. The van der Waals surface area contributed by atoms with E-state index in [1.165, 1.54) is 44.1 Å². The lowest BCUT2D eigenvalue weighted by molar-refractivity contribution is -0.00526. The molecule has 4 aliphatic rings. The zero-order chi connectivity index (χ0) is 13.9. The summed E-state index contributed by atoms with van der Waals surface area (Å²) in [5, 5.41) is 9.93. The lowest BCUT2D eigenvalue weighted by Gasteiger charge is -2.57. The highest BCUT2D eigenvalue weighted by atomic mass is 16.3. The first-order chi connectivity index (χ1) is 9.56. The molecule has 1 unspecified atom stereocenters. The lowest BCUT2D eigenvalue weighted by atomic mass is 9.48. The van der Waals surface area contributed by atoms with E-state index in [9.17, 15) is 5.11 Å². The lowest BCUT2D eigenvalue weighted by Crippen LogP contribution is -2.48. The van der Waals surface area contributed by atoms with Crippen LogP contribution in [0, 0.1) is 17.8 Å². The Balaban J connectivity index is 1.75. The van der Waals surface area contributed by atoms with Gasteiger partial charge in [0.15, 0.2) is 0 Å². The van der Waals surface area contributed by atoms with Crippen molar-refractivity contribution in [2.45, 2.75) is 57.0 Å². The van der Waals surface area contributed by atoms with Gasteiger partial charge in [0.1, 0.15) is 0 Å². The van der Waals surface area contributed by atoms with Gasteiger partial charge in [-0.25, -0.2) is 0 Å². The Kier molecular flexibility index (Phi) is 2.69. The van der Waals surface area contributed by atoms with E-state index in [2.05, 4.69) is 12.1 Å². The molecule has 1 atom stereocenters. The molecule has 3 N–H and O–H groups in total. The predicted molar refractivity (Wildman–Crippen MR) is 81.3 cm³/mol. The summed E-state index contributed by atoms with van der Waals surface area (Å²) in [7, 11) is 0. The third-order valence-electron chi connectivity index (χ3n) is 6.19. The van der Waals surface area contributed by atoms with E-state index < -0.39 is 6.10 Å². The Morgan fingerprint density at radius 3 is 2.15 bits per heavy atom. The van der Waals surface area contributed by atoms with Gasteiger partial charge in [0.2, 0.25) is 0 Å². The summed E-state index contributed by atoms with van der Waals surface area (Å²) in [6.07, 6.45) is 8.03. The van der Waals surface area contributed by atoms with Gasteiger partial charge in [0.25, 0.3) is 0 Å². The maximum atomic E-state index is 9.93. The van der Waals surface area contributed by atoms with Crippen LogP contribution in [-0.4, -0.2) is 5.11 Å². The van der Waals surface area contributed by atoms with Crippen LogP contribution in [0.3, 0.4) is 0 Å². The topological polar surface area (TPSA) is 46.2 Å². The van der Waals surface area contributed by atoms with Crippen LogP contribution in [0.25, 0.3) is 0 Å². The average molecular weight is 271 g/mol. The second-order valence-electron chi connectivity index (χ2n) is 7.72. The largest absolute Gasteiger partial charge is 0.398 e. The summed E-state index contributed by atoms with van der Waals surface area (Å²) < 4.78 is 0. The van der Waals surface area contributed by atoms with Gasteiger partial charge in [0.05, 0.1) is 6.10 Å². The molecule has 0 saturated heterocycles. The second kappa shape index (κ2) is 4.24. The Bertz CT molecular complexity index is 499. The number of nitrogens with two attached hydrogens (primary N) is 1. The molecule has 4 bridgehead atoms. The van der Waals surface area contributed by atoms with Gasteiger partial charge in [-0.3, -0.25) is 0 Å². The molecular weight excluding hydrogens is 246 g/mol. The van der Waals surface area contributed by atoms with E-state index in [1.807, 2.05) is 13.0 Å². The third-order valence-corrected chi connectivity index (χ3v) is 6.19. The summed E-state index contributed by atoms with van der Waals surface area (Å²) in [6, 6.07) is 6.44. The molecule has 20 heavy (non-hydrogen) atoms. The van der Waals surface area contributed by atoms with Gasteiger partial charge in [-0.05, 0) is 80.2 Å². The SMILES string of the molecule is CC(O)c1cc(C23CC4CC(CC(C4)C2)C3)ccc1N. The predicted octanol–water partition coefficient (Wildman–Crippen LogP) is 3.79. The van der Waals surface area contributed by atoms with Gasteiger partial charge >= 0.3 is 0 Å². The van der Waals surface area contributed by atoms with E-state index in [-0.39, 0.29) is 0 Å². The van der Waals surface area contributed by atoms with E-state index in [0.717, 1.165) is 29.0 Å². The molecule has 0 aliphatic heterocycles. The molecule has 0 heterocycles. The normalized spacial score (nSPS) is 40.0. The second-order valence-corrected chi connectivity index (χ2v) is 7.72. The molecular formula is C18H25NO. The van der Waals surface area contributed by atoms with Crippen molar-refractivity contribution in [3.8, 4) is 0 Å². The summed E-state index contributed by atoms with van der Waals surface area (Å²) in [4.78, 5) is 0. The molecule has 0 radical (unpaired) electrons. The van der Waals surface area contributed by atoms with Crippen molar-refractivity contribution in [1.29, 1.82) is 0 Å². The zero-order valence-electron chi connectivity index (χ0n) is 12.3.